The van der Waals surface area contributed by atoms with Crippen LogP contribution in [0.5, 0.6) is 5.75 Å². The van der Waals surface area contributed by atoms with E-state index in [0.29, 0.717) is 31.0 Å². The Labute approximate surface area is 155 Å². The fourth-order valence-corrected chi connectivity index (χ4v) is 3.29. The summed E-state index contributed by atoms with van der Waals surface area (Å²) >= 11 is 0. The second-order valence-corrected chi connectivity index (χ2v) is 7.27. The smallest absolute Gasteiger partial charge is 0.254 e. The third kappa shape index (κ3) is 5.21. The van der Waals surface area contributed by atoms with Crippen LogP contribution in [0.1, 0.15) is 48.9 Å². The fraction of sp³-hybridized carbons (Fsp3) is 0.600. The molecule has 3 N–H and O–H groups in total. The van der Waals surface area contributed by atoms with Gasteiger partial charge in [0.25, 0.3) is 5.91 Å². The number of hydrogen-bond acceptors (Lipinski definition) is 4. The van der Waals surface area contributed by atoms with E-state index in [0.717, 1.165) is 38.2 Å². The quantitative estimate of drug-likeness (QED) is 0.743. The minimum absolute atomic E-state index is 0.0246. The van der Waals surface area contributed by atoms with Gasteiger partial charge in [-0.1, -0.05) is 0 Å². The van der Waals surface area contributed by atoms with Crippen molar-refractivity contribution >= 4 is 11.8 Å². The van der Waals surface area contributed by atoms with Crippen molar-refractivity contribution in [2.45, 2.75) is 44.6 Å². The minimum atomic E-state index is -0.0531. The molecule has 142 valence electrons. The lowest BCUT2D eigenvalue weighted by atomic mass is 10.0. The number of carbonyl (C=O) groups is 2. The van der Waals surface area contributed by atoms with Gasteiger partial charge in [-0.05, 0) is 62.3 Å². The number of benzene rings is 1. The molecule has 2 fully saturated rings. The number of rotatable bonds is 8. The topological polar surface area (TPSA) is 84.7 Å². The Balaban J connectivity index is 1.57. The summed E-state index contributed by atoms with van der Waals surface area (Å²) in [7, 11) is 0. The number of nitrogens with two attached hydrogens (primary N) is 1. The van der Waals surface area contributed by atoms with Crippen LogP contribution in [-0.2, 0) is 4.79 Å². The van der Waals surface area contributed by atoms with Gasteiger partial charge in [-0.3, -0.25) is 9.59 Å². The highest BCUT2D eigenvalue weighted by atomic mass is 16.5. The van der Waals surface area contributed by atoms with Gasteiger partial charge >= 0.3 is 0 Å². The van der Waals surface area contributed by atoms with E-state index in [-0.39, 0.29) is 17.9 Å². The molecule has 6 nitrogen and oxygen atoms in total. The molecular formula is C20H29N3O3. The van der Waals surface area contributed by atoms with E-state index < -0.39 is 0 Å². The van der Waals surface area contributed by atoms with Crippen LogP contribution < -0.4 is 15.8 Å². The number of piperidine rings is 1. The van der Waals surface area contributed by atoms with Crippen LogP contribution in [-0.4, -0.2) is 49.0 Å². The van der Waals surface area contributed by atoms with Crippen molar-refractivity contribution in [3.63, 3.8) is 0 Å². The van der Waals surface area contributed by atoms with Crippen molar-refractivity contribution in [1.29, 1.82) is 0 Å². The molecule has 0 bridgehead atoms. The average Bonchev–Trinajstić information content (AvgIpc) is 3.50. The molecular weight excluding hydrogens is 330 g/mol. The summed E-state index contributed by atoms with van der Waals surface area (Å²) in [6, 6.07) is 7.46. The normalized spacial score (nSPS) is 19.9. The number of ether oxygens (including phenoxy) is 1. The van der Waals surface area contributed by atoms with E-state index in [9.17, 15) is 9.59 Å². The fourth-order valence-electron chi connectivity index (χ4n) is 3.29. The van der Waals surface area contributed by atoms with Crippen molar-refractivity contribution in [2.24, 2.45) is 11.7 Å². The summed E-state index contributed by atoms with van der Waals surface area (Å²) in [5.74, 6) is 1.50. The number of likely N-dealkylation sites (tertiary alicyclic amines) is 1. The van der Waals surface area contributed by atoms with Crippen LogP contribution in [0.4, 0.5) is 0 Å². The Hall–Kier alpha value is -2.08. The number of amides is 2. The van der Waals surface area contributed by atoms with Crippen LogP contribution >= 0.6 is 0 Å². The van der Waals surface area contributed by atoms with E-state index in [1.54, 1.807) is 0 Å². The zero-order chi connectivity index (χ0) is 18.4. The molecule has 1 heterocycles. The van der Waals surface area contributed by atoms with Gasteiger partial charge in [0.05, 0.1) is 6.61 Å². The van der Waals surface area contributed by atoms with E-state index in [1.165, 1.54) is 12.8 Å². The van der Waals surface area contributed by atoms with E-state index in [1.807, 2.05) is 29.2 Å². The molecule has 1 aliphatic carbocycles. The van der Waals surface area contributed by atoms with Gasteiger partial charge in [-0.15, -0.1) is 0 Å². The van der Waals surface area contributed by atoms with E-state index in [4.69, 9.17) is 10.5 Å². The van der Waals surface area contributed by atoms with E-state index >= 15 is 0 Å². The number of carbonyl (C=O) groups excluding carboxylic acids is 2. The molecule has 1 unspecified atom stereocenters. The molecule has 6 heteroatoms. The summed E-state index contributed by atoms with van der Waals surface area (Å²) in [5.41, 5.74) is 6.08. The highest BCUT2D eigenvalue weighted by Gasteiger charge is 2.28. The van der Waals surface area contributed by atoms with Gasteiger partial charge in [0.2, 0.25) is 5.91 Å². The van der Waals surface area contributed by atoms with Crippen LogP contribution in [0.25, 0.3) is 0 Å². The van der Waals surface area contributed by atoms with Crippen molar-refractivity contribution in [3.8, 4) is 5.75 Å². The predicted molar refractivity (Wildman–Crippen MR) is 100 cm³/mol. The minimum Gasteiger partial charge on any atom is -0.493 e. The molecule has 26 heavy (non-hydrogen) atoms. The lowest BCUT2D eigenvalue weighted by molar-refractivity contribution is -0.121. The molecule has 0 radical (unpaired) electrons. The molecule has 1 saturated heterocycles. The molecule has 0 aromatic heterocycles. The average molecular weight is 359 g/mol. The summed E-state index contributed by atoms with van der Waals surface area (Å²) in [6.07, 6.45) is 5.83. The Morgan fingerprint density at radius 2 is 1.92 bits per heavy atom. The molecule has 3 rings (SSSR count). The first-order valence-electron chi connectivity index (χ1n) is 9.68. The largest absolute Gasteiger partial charge is 0.493 e. The third-order valence-electron chi connectivity index (χ3n) is 5.08. The molecule has 1 aromatic carbocycles. The molecule has 1 saturated carbocycles. The zero-order valence-corrected chi connectivity index (χ0v) is 15.3. The molecule has 1 aromatic rings. The van der Waals surface area contributed by atoms with Crippen LogP contribution in [0.2, 0.25) is 0 Å². The van der Waals surface area contributed by atoms with Gasteiger partial charge < -0.3 is 20.7 Å². The first-order valence-corrected chi connectivity index (χ1v) is 9.68. The maximum atomic E-state index is 12.9. The maximum absolute atomic E-state index is 12.9. The highest BCUT2D eigenvalue weighted by molar-refractivity contribution is 5.94. The van der Waals surface area contributed by atoms with E-state index in [2.05, 4.69) is 5.32 Å². The highest BCUT2D eigenvalue weighted by Crippen LogP contribution is 2.29. The molecule has 1 aliphatic heterocycles. The van der Waals surface area contributed by atoms with Crippen LogP contribution in [0, 0.1) is 5.92 Å². The first kappa shape index (κ1) is 18.7. The summed E-state index contributed by atoms with van der Waals surface area (Å²) in [4.78, 5) is 26.5. The lowest BCUT2D eigenvalue weighted by Crippen LogP contribution is -2.49. The monoisotopic (exact) mass is 359 g/mol. The molecule has 2 aliphatic rings. The van der Waals surface area contributed by atoms with Crippen molar-refractivity contribution in [3.05, 3.63) is 29.8 Å². The van der Waals surface area contributed by atoms with Gasteiger partial charge in [-0.25, -0.2) is 0 Å². The lowest BCUT2D eigenvalue weighted by Gasteiger charge is -2.36. The number of hydrogen-bond donors (Lipinski definition) is 2. The SMILES string of the molecule is NCCC(=O)NCC1CCCCN1C(=O)c1ccc(OCC2CC2)cc1. The Morgan fingerprint density at radius 1 is 1.15 bits per heavy atom. The molecule has 0 spiro atoms. The Morgan fingerprint density at radius 3 is 2.62 bits per heavy atom. The first-order chi connectivity index (χ1) is 12.7. The Bertz CT molecular complexity index is 613. The van der Waals surface area contributed by atoms with Crippen molar-refractivity contribution in [1.82, 2.24) is 10.2 Å². The third-order valence-corrected chi connectivity index (χ3v) is 5.08. The molecule has 1 atom stereocenters. The van der Waals surface area contributed by atoms with Crippen molar-refractivity contribution in [2.75, 3.05) is 26.2 Å². The van der Waals surface area contributed by atoms with Crippen LogP contribution in [0.15, 0.2) is 24.3 Å². The standard InChI is InChI=1S/C20H29N3O3/c21-11-10-19(24)22-13-17-3-1-2-12-23(17)20(25)16-6-8-18(9-7-16)26-14-15-4-5-15/h6-9,15,17H,1-5,10-14,21H2,(H,22,24). The van der Waals surface area contributed by atoms with Gasteiger partial charge in [0, 0.05) is 37.7 Å². The van der Waals surface area contributed by atoms with Gasteiger partial charge in [0.1, 0.15) is 5.75 Å². The van der Waals surface area contributed by atoms with Crippen LogP contribution in [0.3, 0.4) is 0 Å². The maximum Gasteiger partial charge on any atom is 0.254 e. The second-order valence-electron chi connectivity index (χ2n) is 7.27. The summed E-state index contributed by atoms with van der Waals surface area (Å²) < 4.78 is 5.74. The van der Waals surface area contributed by atoms with Gasteiger partial charge in [-0.2, -0.15) is 0 Å². The predicted octanol–water partition coefficient (Wildman–Crippen LogP) is 1.94. The van der Waals surface area contributed by atoms with Crippen molar-refractivity contribution < 1.29 is 14.3 Å². The number of nitrogens with one attached hydrogen (secondary N) is 1. The Kier molecular flexibility index (Phi) is 6.50. The summed E-state index contributed by atoms with van der Waals surface area (Å²) in [5, 5.41) is 2.90. The second kappa shape index (κ2) is 9.03. The number of nitrogens with zero attached hydrogens (tertiary/aromatic N) is 1. The summed E-state index contributed by atoms with van der Waals surface area (Å²) in [6.45, 7) is 2.33. The molecule has 2 amide bonds. The zero-order valence-electron chi connectivity index (χ0n) is 15.3. The van der Waals surface area contributed by atoms with Gasteiger partial charge in [0.15, 0.2) is 0 Å².